The molecule has 0 aliphatic heterocycles. The number of hydrogen-bond acceptors (Lipinski definition) is 5. The Kier molecular flexibility index (Phi) is 3.98. The normalized spacial score (nSPS) is 19.8. The van der Waals surface area contributed by atoms with Gasteiger partial charge in [0, 0.05) is 12.0 Å². The zero-order valence-electron chi connectivity index (χ0n) is 12.3. The summed E-state index contributed by atoms with van der Waals surface area (Å²) in [6, 6.07) is 9.91. The summed E-state index contributed by atoms with van der Waals surface area (Å²) in [6.45, 7) is 0. The fourth-order valence-electron chi connectivity index (χ4n) is 2.72. The minimum atomic E-state index is -4.22. The Hall–Kier alpha value is -2.52. The molecule has 0 saturated heterocycles. The lowest BCUT2D eigenvalue weighted by Gasteiger charge is -2.09. The number of nitro groups is 1. The molecule has 0 radical (unpaired) electrons. The Labute approximate surface area is 137 Å². The second-order valence-electron chi connectivity index (χ2n) is 5.60. The standard InChI is InChI=1S/C15H14FN3O4S/c16-10-4-1-3-9(7-10)11-8-13(11)18-12-5-2-6-14(24(17,22)23)15(12)19(20)21/h1-7,11,13,18H,8H2,(H2,17,22,23)/t11-,13+/m0/s1. The molecule has 24 heavy (non-hydrogen) atoms. The van der Waals surface area contributed by atoms with Crippen LogP contribution in [0.2, 0.25) is 0 Å². The van der Waals surface area contributed by atoms with Gasteiger partial charge in [0.25, 0.3) is 0 Å². The number of halogens is 1. The molecule has 1 aliphatic carbocycles. The number of anilines is 1. The molecule has 3 N–H and O–H groups in total. The van der Waals surface area contributed by atoms with Crippen molar-refractivity contribution in [1.29, 1.82) is 0 Å². The molecular formula is C15H14FN3O4S. The van der Waals surface area contributed by atoms with Crippen molar-refractivity contribution in [2.75, 3.05) is 5.32 Å². The molecular weight excluding hydrogens is 337 g/mol. The summed E-state index contributed by atoms with van der Waals surface area (Å²) in [5.74, 6) is -0.334. The first-order valence-corrected chi connectivity index (χ1v) is 8.64. The summed E-state index contributed by atoms with van der Waals surface area (Å²) in [5.41, 5.74) is 0.290. The fourth-order valence-corrected chi connectivity index (χ4v) is 3.44. The van der Waals surface area contributed by atoms with E-state index >= 15 is 0 Å². The monoisotopic (exact) mass is 351 g/mol. The van der Waals surface area contributed by atoms with Gasteiger partial charge in [-0.2, -0.15) is 0 Å². The lowest BCUT2D eigenvalue weighted by molar-refractivity contribution is -0.386. The molecule has 2 aromatic carbocycles. The zero-order valence-corrected chi connectivity index (χ0v) is 13.2. The second-order valence-corrected chi connectivity index (χ2v) is 7.13. The van der Waals surface area contributed by atoms with E-state index in [1.165, 1.54) is 24.3 Å². The van der Waals surface area contributed by atoms with Gasteiger partial charge in [0.15, 0.2) is 4.90 Å². The summed E-state index contributed by atoms with van der Waals surface area (Å²) < 4.78 is 36.4. The van der Waals surface area contributed by atoms with Gasteiger partial charge < -0.3 is 5.32 Å². The number of benzene rings is 2. The molecule has 2 atom stereocenters. The molecule has 2 aromatic rings. The van der Waals surface area contributed by atoms with Crippen molar-refractivity contribution in [3.05, 3.63) is 64.0 Å². The minimum Gasteiger partial charge on any atom is -0.376 e. The number of nitrogens with two attached hydrogens (primary N) is 1. The third kappa shape index (κ3) is 3.22. The van der Waals surface area contributed by atoms with E-state index in [1.807, 2.05) is 0 Å². The van der Waals surface area contributed by atoms with Crippen LogP contribution in [-0.4, -0.2) is 19.4 Å². The third-order valence-electron chi connectivity index (χ3n) is 3.90. The maximum atomic E-state index is 13.3. The quantitative estimate of drug-likeness (QED) is 0.634. The molecule has 9 heteroatoms. The van der Waals surface area contributed by atoms with E-state index in [1.54, 1.807) is 12.1 Å². The van der Waals surface area contributed by atoms with E-state index < -0.39 is 25.5 Å². The molecule has 7 nitrogen and oxygen atoms in total. The summed E-state index contributed by atoms with van der Waals surface area (Å²) >= 11 is 0. The molecule has 0 heterocycles. The number of hydrogen-bond donors (Lipinski definition) is 2. The molecule has 0 unspecified atom stereocenters. The Balaban J connectivity index is 1.88. The topological polar surface area (TPSA) is 115 Å². The largest absolute Gasteiger partial charge is 0.376 e. The van der Waals surface area contributed by atoms with Gasteiger partial charge >= 0.3 is 5.69 Å². The van der Waals surface area contributed by atoms with E-state index in [0.717, 1.165) is 11.6 Å². The summed E-state index contributed by atoms with van der Waals surface area (Å²) in [4.78, 5) is 9.97. The van der Waals surface area contributed by atoms with Gasteiger partial charge in [-0.3, -0.25) is 10.1 Å². The predicted octanol–water partition coefficient (Wildman–Crippen LogP) is 2.35. The van der Waals surface area contributed by atoms with Gasteiger partial charge in [-0.1, -0.05) is 18.2 Å². The van der Waals surface area contributed by atoms with Crippen LogP contribution in [0.5, 0.6) is 0 Å². The molecule has 126 valence electrons. The maximum Gasteiger partial charge on any atom is 0.312 e. The van der Waals surface area contributed by atoms with Crippen molar-refractivity contribution in [2.24, 2.45) is 5.14 Å². The van der Waals surface area contributed by atoms with Crippen molar-refractivity contribution >= 4 is 21.4 Å². The maximum absolute atomic E-state index is 13.3. The van der Waals surface area contributed by atoms with Gasteiger partial charge in [-0.25, -0.2) is 17.9 Å². The lowest BCUT2D eigenvalue weighted by atomic mass is 10.1. The highest BCUT2D eigenvalue weighted by molar-refractivity contribution is 7.89. The highest BCUT2D eigenvalue weighted by Crippen LogP contribution is 2.44. The van der Waals surface area contributed by atoms with E-state index in [-0.39, 0.29) is 23.5 Å². The molecule has 1 fully saturated rings. The molecule has 0 bridgehead atoms. The minimum absolute atomic E-state index is 0.0124. The van der Waals surface area contributed by atoms with Crippen LogP contribution in [0.25, 0.3) is 0 Å². The Morgan fingerprint density at radius 1 is 1.25 bits per heavy atom. The van der Waals surface area contributed by atoms with Crippen molar-refractivity contribution in [3.63, 3.8) is 0 Å². The number of nitro benzene ring substituents is 1. The molecule has 3 rings (SSSR count). The third-order valence-corrected chi connectivity index (χ3v) is 4.84. The molecule has 1 aliphatic rings. The first kappa shape index (κ1) is 16.3. The van der Waals surface area contributed by atoms with Crippen molar-refractivity contribution < 1.29 is 17.7 Å². The van der Waals surface area contributed by atoms with Crippen LogP contribution in [0.1, 0.15) is 17.9 Å². The van der Waals surface area contributed by atoms with Crippen molar-refractivity contribution in [2.45, 2.75) is 23.3 Å². The number of nitrogens with zero attached hydrogens (tertiary/aromatic N) is 1. The highest BCUT2D eigenvalue weighted by Gasteiger charge is 2.40. The van der Waals surface area contributed by atoms with Gasteiger partial charge in [0.2, 0.25) is 10.0 Å². The summed E-state index contributed by atoms with van der Waals surface area (Å²) in [5, 5.41) is 19.3. The Morgan fingerprint density at radius 3 is 2.58 bits per heavy atom. The van der Waals surface area contributed by atoms with E-state index in [9.17, 15) is 22.9 Å². The van der Waals surface area contributed by atoms with Gasteiger partial charge in [0.05, 0.1) is 4.92 Å². The number of para-hydroxylation sites is 1. The fraction of sp³-hybridized carbons (Fsp3) is 0.200. The van der Waals surface area contributed by atoms with Crippen LogP contribution in [-0.2, 0) is 10.0 Å². The summed E-state index contributed by atoms with van der Waals surface area (Å²) in [7, 11) is -4.22. The number of rotatable bonds is 5. The predicted molar refractivity (Wildman–Crippen MR) is 85.6 cm³/mol. The first-order chi connectivity index (χ1) is 11.3. The average molecular weight is 351 g/mol. The van der Waals surface area contributed by atoms with Crippen molar-refractivity contribution in [1.82, 2.24) is 0 Å². The highest BCUT2D eigenvalue weighted by atomic mass is 32.2. The summed E-state index contributed by atoms with van der Waals surface area (Å²) in [6.07, 6.45) is 0.667. The van der Waals surface area contributed by atoms with E-state index in [4.69, 9.17) is 5.14 Å². The van der Waals surface area contributed by atoms with Crippen LogP contribution in [0, 0.1) is 15.9 Å². The Bertz CT molecular complexity index is 917. The van der Waals surface area contributed by atoms with Gasteiger partial charge in [0.1, 0.15) is 11.5 Å². The average Bonchev–Trinajstić information content (AvgIpc) is 3.25. The van der Waals surface area contributed by atoms with Crippen LogP contribution in [0.3, 0.4) is 0 Å². The Morgan fingerprint density at radius 2 is 1.96 bits per heavy atom. The van der Waals surface area contributed by atoms with Crippen LogP contribution in [0.4, 0.5) is 15.8 Å². The van der Waals surface area contributed by atoms with E-state index in [2.05, 4.69) is 5.32 Å². The smallest absolute Gasteiger partial charge is 0.312 e. The zero-order chi connectivity index (χ0) is 17.5. The SMILES string of the molecule is NS(=O)(=O)c1cccc(N[C@@H]2C[C@H]2c2cccc(F)c2)c1[N+](=O)[O-]. The second kappa shape index (κ2) is 5.84. The van der Waals surface area contributed by atoms with Crippen molar-refractivity contribution in [3.8, 4) is 0 Å². The van der Waals surface area contributed by atoms with Crippen LogP contribution < -0.4 is 10.5 Å². The molecule has 0 amide bonds. The van der Waals surface area contributed by atoms with Crippen LogP contribution in [0.15, 0.2) is 47.4 Å². The number of primary sulfonamides is 1. The van der Waals surface area contributed by atoms with Gasteiger partial charge in [-0.15, -0.1) is 0 Å². The number of nitrogens with one attached hydrogen (secondary N) is 1. The molecule has 0 aromatic heterocycles. The first-order valence-electron chi connectivity index (χ1n) is 7.09. The van der Waals surface area contributed by atoms with E-state index in [0.29, 0.717) is 6.42 Å². The molecule has 0 spiro atoms. The number of sulfonamides is 1. The van der Waals surface area contributed by atoms with Gasteiger partial charge in [-0.05, 0) is 36.2 Å². The van der Waals surface area contributed by atoms with Crippen LogP contribution >= 0.6 is 0 Å². The lowest BCUT2D eigenvalue weighted by Crippen LogP contribution is -2.16. The molecule has 1 saturated carbocycles.